The minimum Gasteiger partial charge on any atom is -0.491 e. The Hall–Kier alpha value is -2.12. The van der Waals surface area contributed by atoms with Crippen molar-refractivity contribution < 1.29 is 24.3 Å². The van der Waals surface area contributed by atoms with Gasteiger partial charge in [-0.25, -0.2) is 5.48 Å². The number of nitrogens with zero attached hydrogens (tertiary/aromatic N) is 1. The van der Waals surface area contributed by atoms with E-state index in [9.17, 15) is 9.59 Å². The average molecular weight is 334 g/mol. The molecule has 1 aromatic rings. The van der Waals surface area contributed by atoms with Gasteiger partial charge in [-0.05, 0) is 31.9 Å². The van der Waals surface area contributed by atoms with Crippen LogP contribution in [0.2, 0.25) is 0 Å². The quantitative estimate of drug-likeness (QED) is 0.646. The van der Waals surface area contributed by atoms with Crippen LogP contribution in [0.4, 0.5) is 0 Å². The molecular formula is C17H22N2O5. The van der Waals surface area contributed by atoms with Crippen LogP contribution in [-0.4, -0.2) is 47.3 Å². The molecule has 2 N–H and O–H groups in total. The summed E-state index contributed by atoms with van der Waals surface area (Å²) >= 11 is 0. The standard InChI is InChI=1S/C17H22N2O5/c1-11-10-24-15-7-12(17(21)18-22)4-5-13(15)9-19(11)16(20)8-14-3-2-6-23-14/h4-5,7,11,14,22H,2-3,6,8-10H2,1H3,(H,18,21)/t11-,14?/m0/s1. The van der Waals surface area contributed by atoms with E-state index in [1.807, 2.05) is 6.92 Å². The van der Waals surface area contributed by atoms with Crippen molar-refractivity contribution in [1.82, 2.24) is 10.4 Å². The summed E-state index contributed by atoms with van der Waals surface area (Å²) in [5.41, 5.74) is 2.76. The van der Waals surface area contributed by atoms with Gasteiger partial charge in [0.15, 0.2) is 0 Å². The van der Waals surface area contributed by atoms with E-state index in [-0.39, 0.29) is 18.1 Å². The highest BCUT2D eigenvalue weighted by atomic mass is 16.5. The van der Waals surface area contributed by atoms with Crippen LogP contribution in [0.15, 0.2) is 18.2 Å². The average Bonchev–Trinajstić information content (AvgIpc) is 3.03. The second-order valence-electron chi connectivity index (χ2n) is 6.28. The number of benzene rings is 1. The zero-order chi connectivity index (χ0) is 17.1. The molecule has 130 valence electrons. The number of rotatable bonds is 3. The molecule has 0 saturated carbocycles. The highest BCUT2D eigenvalue weighted by Crippen LogP contribution is 2.27. The fourth-order valence-corrected chi connectivity index (χ4v) is 3.12. The molecule has 24 heavy (non-hydrogen) atoms. The lowest BCUT2D eigenvalue weighted by molar-refractivity contribution is -0.136. The molecule has 0 radical (unpaired) electrons. The Balaban J connectivity index is 1.76. The fourth-order valence-electron chi connectivity index (χ4n) is 3.12. The second-order valence-corrected chi connectivity index (χ2v) is 6.28. The van der Waals surface area contributed by atoms with Gasteiger partial charge in [-0.1, -0.05) is 6.07 Å². The Morgan fingerprint density at radius 1 is 1.42 bits per heavy atom. The zero-order valence-corrected chi connectivity index (χ0v) is 13.7. The summed E-state index contributed by atoms with van der Waals surface area (Å²) in [5.74, 6) is 0.0309. The van der Waals surface area contributed by atoms with Crippen molar-refractivity contribution in [2.75, 3.05) is 13.2 Å². The van der Waals surface area contributed by atoms with Gasteiger partial charge >= 0.3 is 0 Å². The topological polar surface area (TPSA) is 88.1 Å². The maximum absolute atomic E-state index is 12.6. The van der Waals surface area contributed by atoms with Crippen LogP contribution in [0, 0.1) is 0 Å². The van der Waals surface area contributed by atoms with Crippen molar-refractivity contribution in [3.8, 4) is 5.75 Å². The van der Waals surface area contributed by atoms with Crippen molar-refractivity contribution in [3.63, 3.8) is 0 Å². The maximum atomic E-state index is 12.6. The number of carbonyl (C=O) groups is 2. The van der Waals surface area contributed by atoms with Crippen LogP contribution < -0.4 is 10.2 Å². The van der Waals surface area contributed by atoms with Gasteiger partial charge in [0.1, 0.15) is 12.4 Å². The van der Waals surface area contributed by atoms with Crippen LogP contribution >= 0.6 is 0 Å². The molecule has 1 fully saturated rings. The van der Waals surface area contributed by atoms with Crippen molar-refractivity contribution in [2.45, 2.75) is 44.9 Å². The Bertz CT molecular complexity index is 627. The van der Waals surface area contributed by atoms with E-state index in [0.29, 0.717) is 30.9 Å². The molecule has 0 aromatic heterocycles. The molecule has 7 heteroatoms. The van der Waals surface area contributed by atoms with Crippen LogP contribution in [-0.2, 0) is 16.1 Å². The number of carbonyl (C=O) groups excluding carboxylic acids is 2. The number of ether oxygens (including phenoxy) is 2. The molecule has 1 aromatic carbocycles. The van der Waals surface area contributed by atoms with Crippen LogP contribution in [0.3, 0.4) is 0 Å². The van der Waals surface area contributed by atoms with Crippen LogP contribution in [0.1, 0.15) is 42.1 Å². The lowest BCUT2D eigenvalue weighted by Crippen LogP contribution is -2.41. The first kappa shape index (κ1) is 16.7. The third-order valence-electron chi connectivity index (χ3n) is 4.53. The van der Waals surface area contributed by atoms with Gasteiger partial charge in [0.2, 0.25) is 5.91 Å². The number of hydrogen-bond donors (Lipinski definition) is 2. The van der Waals surface area contributed by atoms with Gasteiger partial charge in [-0.15, -0.1) is 0 Å². The fraction of sp³-hybridized carbons (Fsp3) is 0.529. The van der Waals surface area contributed by atoms with E-state index in [4.69, 9.17) is 14.7 Å². The third-order valence-corrected chi connectivity index (χ3v) is 4.53. The molecule has 2 heterocycles. The molecular weight excluding hydrogens is 312 g/mol. The molecule has 2 aliphatic heterocycles. The van der Waals surface area contributed by atoms with Gasteiger partial charge in [0, 0.05) is 24.3 Å². The molecule has 2 aliphatic rings. The lowest BCUT2D eigenvalue weighted by atomic mass is 10.1. The van der Waals surface area contributed by atoms with Crippen LogP contribution in [0.5, 0.6) is 5.75 Å². The van der Waals surface area contributed by atoms with Gasteiger partial charge in [-0.3, -0.25) is 14.8 Å². The molecule has 2 amide bonds. The first-order chi connectivity index (χ1) is 11.6. The molecule has 0 bridgehead atoms. The van der Waals surface area contributed by atoms with Crippen molar-refractivity contribution in [3.05, 3.63) is 29.3 Å². The first-order valence-electron chi connectivity index (χ1n) is 8.19. The molecule has 1 unspecified atom stereocenters. The SMILES string of the molecule is C[C@H]1COc2cc(C(=O)NO)ccc2CN1C(=O)CC1CCCO1. The first-order valence-corrected chi connectivity index (χ1v) is 8.19. The number of hydroxylamine groups is 1. The van der Waals surface area contributed by atoms with Gasteiger partial charge in [0.05, 0.1) is 18.6 Å². The summed E-state index contributed by atoms with van der Waals surface area (Å²) in [6, 6.07) is 4.87. The van der Waals surface area contributed by atoms with Crippen molar-refractivity contribution >= 4 is 11.8 Å². The Labute approximate surface area is 140 Å². The van der Waals surface area contributed by atoms with E-state index in [1.54, 1.807) is 28.6 Å². The summed E-state index contributed by atoms with van der Waals surface area (Å²) < 4.78 is 11.3. The van der Waals surface area contributed by atoms with Gasteiger partial charge in [-0.2, -0.15) is 0 Å². The summed E-state index contributed by atoms with van der Waals surface area (Å²) in [6.45, 7) is 3.47. The smallest absolute Gasteiger partial charge is 0.274 e. The molecule has 3 rings (SSSR count). The third kappa shape index (κ3) is 3.52. The summed E-state index contributed by atoms with van der Waals surface area (Å²) in [7, 11) is 0. The highest BCUT2D eigenvalue weighted by molar-refractivity contribution is 5.93. The predicted octanol–water partition coefficient (Wildman–Crippen LogP) is 1.48. The molecule has 0 aliphatic carbocycles. The largest absolute Gasteiger partial charge is 0.491 e. The highest BCUT2D eigenvalue weighted by Gasteiger charge is 2.29. The minimum atomic E-state index is -0.593. The second kappa shape index (κ2) is 7.19. The normalized spacial score (nSPS) is 23.2. The van der Waals surface area contributed by atoms with E-state index in [1.165, 1.54) is 0 Å². The number of fused-ring (bicyclic) bond motifs is 1. The molecule has 7 nitrogen and oxygen atoms in total. The predicted molar refractivity (Wildman–Crippen MR) is 84.8 cm³/mol. The van der Waals surface area contributed by atoms with Crippen molar-refractivity contribution in [2.24, 2.45) is 0 Å². The monoisotopic (exact) mass is 334 g/mol. The Morgan fingerprint density at radius 3 is 2.96 bits per heavy atom. The Kier molecular flexibility index (Phi) is 5.01. The summed E-state index contributed by atoms with van der Waals surface area (Å²) in [5, 5.41) is 8.74. The Morgan fingerprint density at radius 2 is 2.25 bits per heavy atom. The number of nitrogens with one attached hydrogen (secondary N) is 1. The van der Waals surface area contributed by atoms with Gasteiger partial charge in [0.25, 0.3) is 5.91 Å². The van der Waals surface area contributed by atoms with E-state index in [0.717, 1.165) is 25.0 Å². The van der Waals surface area contributed by atoms with E-state index >= 15 is 0 Å². The van der Waals surface area contributed by atoms with Gasteiger partial charge < -0.3 is 14.4 Å². The molecule has 0 spiro atoms. The summed E-state index contributed by atoms with van der Waals surface area (Å²) in [4.78, 5) is 26.0. The number of amides is 2. The summed E-state index contributed by atoms with van der Waals surface area (Å²) in [6.07, 6.45) is 2.35. The number of hydrogen-bond acceptors (Lipinski definition) is 5. The maximum Gasteiger partial charge on any atom is 0.274 e. The van der Waals surface area contributed by atoms with E-state index in [2.05, 4.69) is 0 Å². The molecule has 2 atom stereocenters. The molecule has 1 saturated heterocycles. The zero-order valence-electron chi connectivity index (χ0n) is 13.7. The van der Waals surface area contributed by atoms with Crippen molar-refractivity contribution in [1.29, 1.82) is 0 Å². The minimum absolute atomic E-state index is 0.0176. The lowest BCUT2D eigenvalue weighted by Gasteiger charge is -2.27. The van der Waals surface area contributed by atoms with E-state index < -0.39 is 5.91 Å². The van der Waals surface area contributed by atoms with Crippen LogP contribution in [0.25, 0.3) is 0 Å².